The van der Waals surface area contributed by atoms with Gasteiger partial charge in [-0.15, -0.1) is 0 Å². The molecule has 0 aliphatic heterocycles. The maximum absolute atomic E-state index is 5.59. The maximum Gasteiger partial charge on any atom is 0.0931 e. The van der Waals surface area contributed by atoms with Gasteiger partial charge in [-0.3, -0.25) is 4.68 Å². The number of imidazole rings is 1. The van der Waals surface area contributed by atoms with Gasteiger partial charge in [-0.25, -0.2) is 4.98 Å². The van der Waals surface area contributed by atoms with E-state index in [0.717, 1.165) is 28.0 Å². The van der Waals surface area contributed by atoms with E-state index < -0.39 is 0 Å². The highest BCUT2D eigenvalue weighted by Gasteiger charge is 2.07. The molecule has 0 unspecified atom stereocenters. The van der Waals surface area contributed by atoms with Gasteiger partial charge >= 0.3 is 0 Å². The van der Waals surface area contributed by atoms with Crippen molar-refractivity contribution in [3.63, 3.8) is 0 Å². The molecule has 0 aliphatic rings. The molecule has 2 heterocycles. The van der Waals surface area contributed by atoms with Gasteiger partial charge in [0.2, 0.25) is 0 Å². The summed E-state index contributed by atoms with van der Waals surface area (Å²) in [5.41, 5.74) is 10.6. The summed E-state index contributed by atoms with van der Waals surface area (Å²) in [4.78, 5) is 7.30. The van der Waals surface area contributed by atoms with Crippen molar-refractivity contribution in [3.05, 3.63) is 36.3 Å². The van der Waals surface area contributed by atoms with E-state index in [0.29, 0.717) is 6.54 Å². The summed E-state index contributed by atoms with van der Waals surface area (Å²) in [5, 5.41) is 4.34. The maximum atomic E-state index is 5.59. The zero-order chi connectivity index (χ0) is 11.8. The molecule has 0 aliphatic carbocycles. The smallest absolute Gasteiger partial charge is 0.0931 e. The number of nitrogens with one attached hydrogen (secondary N) is 1. The number of hydrogen-bond donors (Lipinski definition) is 2. The van der Waals surface area contributed by atoms with Crippen molar-refractivity contribution in [1.29, 1.82) is 0 Å². The SMILES string of the molecule is Cn1nc(CN)cc1-c1ccc2nc[nH]c2c1. The third-order valence-corrected chi connectivity index (χ3v) is 2.86. The Hall–Kier alpha value is -2.14. The fourth-order valence-corrected chi connectivity index (χ4v) is 1.99. The number of aromatic nitrogens is 4. The van der Waals surface area contributed by atoms with E-state index in [1.165, 1.54) is 0 Å². The van der Waals surface area contributed by atoms with Gasteiger partial charge in [-0.05, 0) is 18.2 Å². The molecule has 0 atom stereocenters. The number of nitrogens with two attached hydrogens (primary N) is 1. The average molecular weight is 227 g/mol. The normalized spacial score (nSPS) is 11.2. The van der Waals surface area contributed by atoms with E-state index in [2.05, 4.69) is 21.1 Å². The van der Waals surface area contributed by atoms with E-state index in [4.69, 9.17) is 5.73 Å². The predicted molar refractivity (Wildman–Crippen MR) is 66.2 cm³/mol. The number of H-pyrrole nitrogens is 1. The summed E-state index contributed by atoms with van der Waals surface area (Å²) < 4.78 is 1.85. The Morgan fingerprint density at radius 1 is 1.35 bits per heavy atom. The highest BCUT2D eigenvalue weighted by molar-refractivity contribution is 5.80. The Labute approximate surface area is 98.3 Å². The molecular weight excluding hydrogens is 214 g/mol. The number of hydrogen-bond acceptors (Lipinski definition) is 3. The number of nitrogens with zero attached hydrogens (tertiary/aromatic N) is 3. The molecule has 5 nitrogen and oxygen atoms in total. The second-order valence-corrected chi connectivity index (χ2v) is 3.98. The van der Waals surface area contributed by atoms with Gasteiger partial charge in [0.05, 0.1) is 28.7 Å². The predicted octanol–water partition coefficient (Wildman–Crippen LogP) is 1.42. The molecule has 0 fully saturated rings. The van der Waals surface area contributed by atoms with Crippen LogP contribution in [0.4, 0.5) is 0 Å². The molecule has 5 heteroatoms. The van der Waals surface area contributed by atoms with Gasteiger partial charge in [-0.1, -0.05) is 6.07 Å². The summed E-state index contributed by atoms with van der Waals surface area (Å²) >= 11 is 0. The van der Waals surface area contributed by atoms with Crippen molar-refractivity contribution in [3.8, 4) is 11.3 Å². The van der Waals surface area contributed by atoms with Gasteiger partial charge in [0.15, 0.2) is 0 Å². The molecule has 0 spiro atoms. The van der Waals surface area contributed by atoms with Gasteiger partial charge in [0, 0.05) is 19.2 Å². The first-order valence-corrected chi connectivity index (χ1v) is 5.44. The molecule has 3 aromatic rings. The van der Waals surface area contributed by atoms with E-state index in [9.17, 15) is 0 Å². The molecule has 3 rings (SSSR count). The van der Waals surface area contributed by atoms with Gasteiger partial charge < -0.3 is 10.7 Å². The Balaban J connectivity index is 2.15. The first-order chi connectivity index (χ1) is 8.28. The molecule has 86 valence electrons. The van der Waals surface area contributed by atoms with Crippen molar-refractivity contribution in [2.24, 2.45) is 12.8 Å². The number of fused-ring (bicyclic) bond motifs is 1. The summed E-state index contributed by atoms with van der Waals surface area (Å²) in [7, 11) is 1.92. The fourth-order valence-electron chi connectivity index (χ4n) is 1.99. The molecule has 3 N–H and O–H groups in total. The van der Waals surface area contributed by atoms with Gasteiger partial charge in [0.25, 0.3) is 0 Å². The second-order valence-electron chi connectivity index (χ2n) is 3.98. The molecule has 0 radical (unpaired) electrons. The minimum Gasteiger partial charge on any atom is -0.345 e. The van der Waals surface area contributed by atoms with Crippen molar-refractivity contribution in [2.45, 2.75) is 6.54 Å². The molecular formula is C12H13N5. The number of aryl methyl sites for hydroxylation is 1. The van der Waals surface area contributed by atoms with Crippen molar-refractivity contribution in [1.82, 2.24) is 19.7 Å². The minimum atomic E-state index is 0.458. The lowest BCUT2D eigenvalue weighted by Gasteiger charge is -2.01. The van der Waals surface area contributed by atoms with E-state index in [-0.39, 0.29) is 0 Å². The van der Waals surface area contributed by atoms with E-state index in [1.54, 1.807) is 6.33 Å². The summed E-state index contributed by atoms with van der Waals surface area (Å²) in [6.07, 6.45) is 1.70. The molecule has 0 amide bonds. The minimum absolute atomic E-state index is 0.458. The first-order valence-electron chi connectivity index (χ1n) is 5.44. The monoisotopic (exact) mass is 227 g/mol. The second kappa shape index (κ2) is 3.71. The fraction of sp³-hybridized carbons (Fsp3) is 0.167. The highest BCUT2D eigenvalue weighted by Crippen LogP contribution is 2.23. The molecule has 0 saturated carbocycles. The quantitative estimate of drug-likeness (QED) is 0.695. The zero-order valence-corrected chi connectivity index (χ0v) is 9.51. The van der Waals surface area contributed by atoms with Crippen LogP contribution in [0.25, 0.3) is 22.3 Å². The van der Waals surface area contributed by atoms with Crippen LogP contribution in [0.15, 0.2) is 30.6 Å². The third kappa shape index (κ3) is 1.60. The lowest BCUT2D eigenvalue weighted by molar-refractivity contribution is 0.749. The van der Waals surface area contributed by atoms with Crippen LogP contribution in [0.5, 0.6) is 0 Å². The van der Waals surface area contributed by atoms with E-state index >= 15 is 0 Å². The van der Waals surface area contributed by atoms with Crippen molar-refractivity contribution < 1.29 is 0 Å². The average Bonchev–Trinajstić information content (AvgIpc) is 2.93. The van der Waals surface area contributed by atoms with Crippen LogP contribution in [0.3, 0.4) is 0 Å². The van der Waals surface area contributed by atoms with Crippen LogP contribution < -0.4 is 5.73 Å². The molecule has 0 saturated heterocycles. The number of aromatic amines is 1. The topological polar surface area (TPSA) is 72.5 Å². The van der Waals surface area contributed by atoms with E-state index in [1.807, 2.05) is 29.9 Å². The van der Waals surface area contributed by atoms with Crippen LogP contribution in [0, 0.1) is 0 Å². The third-order valence-electron chi connectivity index (χ3n) is 2.86. The van der Waals surface area contributed by atoms with Crippen molar-refractivity contribution >= 4 is 11.0 Å². The molecule has 2 aromatic heterocycles. The van der Waals surface area contributed by atoms with Crippen LogP contribution >= 0.6 is 0 Å². The molecule has 17 heavy (non-hydrogen) atoms. The van der Waals surface area contributed by atoms with Gasteiger partial charge in [0.1, 0.15) is 0 Å². The Kier molecular flexibility index (Phi) is 2.19. The Morgan fingerprint density at radius 2 is 2.24 bits per heavy atom. The molecule has 1 aromatic carbocycles. The van der Waals surface area contributed by atoms with Crippen LogP contribution in [0.1, 0.15) is 5.69 Å². The lowest BCUT2D eigenvalue weighted by atomic mass is 10.1. The lowest BCUT2D eigenvalue weighted by Crippen LogP contribution is -1.98. The number of rotatable bonds is 2. The van der Waals surface area contributed by atoms with Crippen LogP contribution in [-0.4, -0.2) is 19.7 Å². The van der Waals surface area contributed by atoms with Gasteiger partial charge in [-0.2, -0.15) is 5.10 Å². The van der Waals surface area contributed by atoms with Crippen LogP contribution in [0.2, 0.25) is 0 Å². The Bertz CT molecular complexity index is 664. The standard InChI is InChI=1S/C12H13N5/c1-17-12(5-9(6-13)16-17)8-2-3-10-11(4-8)15-7-14-10/h2-5,7H,6,13H2,1H3,(H,14,15). The summed E-state index contributed by atoms with van der Waals surface area (Å²) in [5.74, 6) is 0. The molecule has 0 bridgehead atoms. The summed E-state index contributed by atoms with van der Waals surface area (Å²) in [6.45, 7) is 0.458. The largest absolute Gasteiger partial charge is 0.345 e. The summed E-state index contributed by atoms with van der Waals surface area (Å²) in [6, 6.07) is 8.12. The van der Waals surface area contributed by atoms with Crippen molar-refractivity contribution in [2.75, 3.05) is 0 Å². The van der Waals surface area contributed by atoms with Crippen LogP contribution in [-0.2, 0) is 13.6 Å². The zero-order valence-electron chi connectivity index (χ0n) is 9.51. The first kappa shape index (κ1) is 10.0. The highest BCUT2D eigenvalue weighted by atomic mass is 15.3. The Morgan fingerprint density at radius 3 is 3.00 bits per heavy atom. The number of benzene rings is 1.